The summed E-state index contributed by atoms with van der Waals surface area (Å²) < 4.78 is 8.32. The molecular formula is C20H23NO. The zero-order valence-corrected chi connectivity index (χ0v) is 13.4. The molecule has 22 heavy (non-hydrogen) atoms. The van der Waals surface area contributed by atoms with Gasteiger partial charge in [0.25, 0.3) is 0 Å². The van der Waals surface area contributed by atoms with Gasteiger partial charge in [-0.05, 0) is 43.2 Å². The predicted molar refractivity (Wildman–Crippen MR) is 92.4 cm³/mol. The van der Waals surface area contributed by atoms with Gasteiger partial charge < -0.3 is 9.30 Å². The van der Waals surface area contributed by atoms with E-state index >= 15 is 0 Å². The summed E-state index contributed by atoms with van der Waals surface area (Å²) in [7, 11) is 0. The number of benzene rings is 2. The topological polar surface area (TPSA) is 14.2 Å². The second-order valence-corrected chi connectivity index (χ2v) is 5.79. The summed E-state index contributed by atoms with van der Waals surface area (Å²) in [4.78, 5) is 0. The molecule has 0 bridgehead atoms. The molecule has 0 aliphatic carbocycles. The van der Waals surface area contributed by atoms with Crippen LogP contribution < -0.4 is 4.74 Å². The van der Waals surface area contributed by atoms with Gasteiger partial charge in [-0.2, -0.15) is 0 Å². The quantitative estimate of drug-likeness (QED) is 0.599. The monoisotopic (exact) mass is 293 g/mol. The number of unbranched alkanes of at least 4 members (excludes halogenated alkanes) is 1. The zero-order chi connectivity index (χ0) is 15.4. The van der Waals surface area contributed by atoms with Crippen molar-refractivity contribution in [3.63, 3.8) is 0 Å². The summed E-state index contributed by atoms with van der Waals surface area (Å²) in [5, 5.41) is 1.26. The van der Waals surface area contributed by atoms with Crippen LogP contribution in [-0.2, 0) is 13.2 Å². The maximum absolute atomic E-state index is 5.92. The Morgan fingerprint density at radius 1 is 1.00 bits per heavy atom. The van der Waals surface area contributed by atoms with E-state index in [0.29, 0.717) is 6.61 Å². The second kappa shape index (κ2) is 6.69. The van der Waals surface area contributed by atoms with Crippen molar-refractivity contribution < 1.29 is 4.74 Å². The van der Waals surface area contributed by atoms with E-state index in [-0.39, 0.29) is 0 Å². The third-order valence-corrected chi connectivity index (χ3v) is 4.06. The van der Waals surface area contributed by atoms with Gasteiger partial charge in [0.2, 0.25) is 0 Å². The highest BCUT2D eigenvalue weighted by Crippen LogP contribution is 2.25. The van der Waals surface area contributed by atoms with Crippen LogP contribution in [0.1, 0.15) is 31.0 Å². The summed E-state index contributed by atoms with van der Waals surface area (Å²) in [5.41, 5.74) is 3.82. The standard InChI is InChI=1S/C20H23NO/c1-3-4-12-21-16(2)13-18-14-19(10-11-20(18)21)22-15-17-8-6-5-7-9-17/h5-11,13-14H,3-4,12,15H2,1-2H3. The van der Waals surface area contributed by atoms with Crippen LogP contribution in [0.25, 0.3) is 10.9 Å². The molecule has 0 atom stereocenters. The number of aromatic nitrogens is 1. The Labute approximate surface area is 132 Å². The maximum Gasteiger partial charge on any atom is 0.120 e. The van der Waals surface area contributed by atoms with Crippen molar-refractivity contribution in [2.24, 2.45) is 0 Å². The van der Waals surface area contributed by atoms with Gasteiger partial charge in [0.05, 0.1) is 0 Å². The van der Waals surface area contributed by atoms with E-state index in [0.717, 1.165) is 12.3 Å². The third kappa shape index (κ3) is 3.16. The van der Waals surface area contributed by atoms with Crippen molar-refractivity contribution in [1.82, 2.24) is 4.57 Å². The van der Waals surface area contributed by atoms with E-state index in [1.54, 1.807) is 0 Å². The molecular weight excluding hydrogens is 270 g/mol. The van der Waals surface area contributed by atoms with Crippen LogP contribution in [-0.4, -0.2) is 4.57 Å². The second-order valence-electron chi connectivity index (χ2n) is 5.79. The van der Waals surface area contributed by atoms with Gasteiger partial charge in [-0.15, -0.1) is 0 Å². The molecule has 0 radical (unpaired) electrons. The molecule has 0 N–H and O–H groups in total. The van der Waals surface area contributed by atoms with Crippen LogP contribution in [0.3, 0.4) is 0 Å². The van der Waals surface area contributed by atoms with Crippen LogP contribution in [0.15, 0.2) is 54.6 Å². The van der Waals surface area contributed by atoms with Gasteiger partial charge in [0, 0.05) is 23.1 Å². The molecule has 0 amide bonds. The Balaban J connectivity index is 1.78. The zero-order valence-electron chi connectivity index (χ0n) is 13.4. The van der Waals surface area contributed by atoms with Crippen LogP contribution in [0.4, 0.5) is 0 Å². The molecule has 2 nitrogen and oxygen atoms in total. The molecule has 2 heteroatoms. The van der Waals surface area contributed by atoms with Crippen LogP contribution >= 0.6 is 0 Å². The number of rotatable bonds is 6. The lowest BCUT2D eigenvalue weighted by Crippen LogP contribution is -1.99. The summed E-state index contributed by atoms with van der Waals surface area (Å²) in [5.74, 6) is 0.934. The minimum absolute atomic E-state index is 0.613. The number of aryl methyl sites for hydroxylation is 2. The Morgan fingerprint density at radius 3 is 2.59 bits per heavy atom. The van der Waals surface area contributed by atoms with Crippen molar-refractivity contribution in [2.45, 2.75) is 39.8 Å². The summed E-state index contributed by atoms with van der Waals surface area (Å²) >= 11 is 0. The lowest BCUT2D eigenvalue weighted by atomic mass is 10.2. The fraction of sp³-hybridized carbons (Fsp3) is 0.300. The maximum atomic E-state index is 5.92. The average molecular weight is 293 g/mol. The van der Waals surface area contributed by atoms with Gasteiger partial charge in [-0.3, -0.25) is 0 Å². The predicted octanol–water partition coefficient (Wildman–Crippen LogP) is 5.33. The van der Waals surface area contributed by atoms with Gasteiger partial charge in [0.15, 0.2) is 0 Å². The van der Waals surface area contributed by atoms with Gasteiger partial charge in [-0.1, -0.05) is 43.7 Å². The fourth-order valence-electron chi connectivity index (χ4n) is 2.83. The Hall–Kier alpha value is -2.22. The minimum atomic E-state index is 0.613. The Bertz CT molecular complexity index is 743. The summed E-state index contributed by atoms with van der Waals surface area (Å²) in [6.07, 6.45) is 2.44. The van der Waals surface area contributed by atoms with Crippen LogP contribution in [0, 0.1) is 6.92 Å². The number of hydrogen-bond acceptors (Lipinski definition) is 1. The Morgan fingerprint density at radius 2 is 1.82 bits per heavy atom. The number of fused-ring (bicyclic) bond motifs is 1. The van der Waals surface area contributed by atoms with E-state index in [4.69, 9.17) is 4.74 Å². The molecule has 3 aromatic rings. The Kier molecular flexibility index (Phi) is 4.47. The van der Waals surface area contributed by atoms with E-state index in [1.165, 1.54) is 35.0 Å². The van der Waals surface area contributed by atoms with E-state index in [2.05, 4.69) is 54.8 Å². The number of ether oxygens (including phenoxy) is 1. The molecule has 0 aliphatic rings. The van der Waals surface area contributed by atoms with Crippen LogP contribution in [0.5, 0.6) is 5.75 Å². The molecule has 0 saturated heterocycles. The van der Waals surface area contributed by atoms with Gasteiger partial charge >= 0.3 is 0 Å². The molecule has 1 heterocycles. The average Bonchev–Trinajstić information content (AvgIpc) is 2.86. The third-order valence-electron chi connectivity index (χ3n) is 4.06. The van der Waals surface area contributed by atoms with E-state index in [1.807, 2.05) is 18.2 Å². The molecule has 2 aromatic carbocycles. The van der Waals surface area contributed by atoms with E-state index < -0.39 is 0 Å². The molecule has 0 unspecified atom stereocenters. The lowest BCUT2D eigenvalue weighted by Gasteiger charge is -2.09. The highest BCUT2D eigenvalue weighted by atomic mass is 16.5. The van der Waals surface area contributed by atoms with Crippen molar-refractivity contribution in [3.05, 3.63) is 65.9 Å². The SMILES string of the molecule is CCCCn1c(C)cc2cc(OCc3ccccc3)ccc21. The van der Waals surface area contributed by atoms with Crippen molar-refractivity contribution in [1.29, 1.82) is 0 Å². The molecule has 114 valence electrons. The lowest BCUT2D eigenvalue weighted by molar-refractivity contribution is 0.306. The largest absolute Gasteiger partial charge is 0.489 e. The highest BCUT2D eigenvalue weighted by Gasteiger charge is 2.06. The first-order valence-corrected chi connectivity index (χ1v) is 8.04. The smallest absolute Gasteiger partial charge is 0.120 e. The number of nitrogens with zero attached hydrogens (tertiary/aromatic N) is 1. The first-order valence-electron chi connectivity index (χ1n) is 8.04. The molecule has 0 aliphatic heterocycles. The highest BCUT2D eigenvalue weighted by molar-refractivity contribution is 5.82. The van der Waals surface area contributed by atoms with E-state index in [9.17, 15) is 0 Å². The first kappa shape index (κ1) is 14.7. The number of hydrogen-bond donors (Lipinski definition) is 0. The first-order chi connectivity index (χ1) is 10.8. The van der Waals surface area contributed by atoms with Crippen molar-refractivity contribution >= 4 is 10.9 Å². The van der Waals surface area contributed by atoms with Gasteiger partial charge in [-0.25, -0.2) is 0 Å². The molecule has 3 rings (SSSR count). The molecule has 0 spiro atoms. The van der Waals surface area contributed by atoms with Crippen LogP contribution in [0.2, 0.25) is 0 Å². The summed E-state index contributed by atoms with van der Waals surface area (Å²) in [6.45, 7) is 6.12. The fourth-order valence-corrected chi connectivity index (χ4v) is 2.83. The van der Waals surface area contributed by atoms with Gasteiger partial charge in [0.1, 0.15) is 12.4 Å². The molecule has 0 fully saturated rings. The van der Waals surface area contributed by atoms with Crippen molar-refractivity contribution in [3.8, 4) is 5.75 Å². The summed E-state index contributed by atoms with van der Waals surface area (Å²) in [6, 6.07) is 18.9. The minimum Gasteiger partial charge on any atom is -0.489 e. The van der Waals surface area contributed by atoms with Crippen molar-refractivity contribution in [2.75, 3.05) is 0 Å². The molecule has 0 saturated carbocycles. The normalized spacial score (nSPS) is 11.0. The molecule has 1 aromatic heterocycles.